The molecular weight excluding hydrogens is 389 g/mol. The number of alkyl halides is 1. The molecule has 20 heavy (non-hydrogen) atoms. The van der Waals surface area contributed by atoms with Crippen molar-refractivity contribution in [2.75, 3.05) is 5.88 Å². The van der Waals surface area contributed by atoms with Gasteiger partial charge in [-0.05, 0) is 64.5 Å². The summed E-state index contributed by atoms with van der Waals surface area (Å²) in [4.78, 5) is 11.3. The minimum absolute atomic E-state index is 0.0612. The normalized spacial score (nSPS) is 16.6. The summed E-state index contributed by atoms with van der Waals surface area (Å²) in [5, 5.41) is 13.0. The Morgan fingerprint density at radius 3 is 2.90 bits per heavy atom. The highest BCUT2D eigenvalue weighted by Crippen LogP contribution is 2.42. The minimum Gasteiger partial charge on any atom is -0.506 e. The zero-order chi connectivity index (χ0) is 14.9. The molecule has 0 radical (unpaired) electrons. The molecule has 2 rings (SSSR count). The fraction of sp³-hybridized carbons (Fsp3) is 0.533. The number of hydrogen-bond acceptors (Lipinski definition) is 2. The Morgan fingerprint density at radius 1 is 1.55 bits per heavy atom. The molecule has 0 heterocycles. The smallest absolute Gasteiger partial charge is 0.235 e. The third-order valence-corrected chi connectivity index (χ3v) is 5.38. The van der Waals surface area contributed by atoms with E-state index in [4.69, 9.17) is 11.6 Å². The average molecular weight is 408 g/mol. The average Bonchev–Trinajstić information content (AvgIpc) is 2.41. The topological polar surface area (TPSA) is 49.3 Å². The number of carbonyl (C=O) groups is 1. The van der Waals surface area contributed by atoms with Crippen molar-refractivity contribution in [1.29, 1.82) is 0 Å². The summed E-state index contributed by atoms with van der Waals surface area (Å²) in [6, 6.07) is 2.04. The first-order valence-corrected chi connectivity index (χ1v) is 8.34. The summed E-state index contributed by atoms with van der Waals surface area (Å²) in [6.07, 6.45) is 3.31. The van der Waals surface area contributed by atoms with Gasteiger partial charge < -0.3 is 10.4 Å². The predicted molar refractivity (Wildman–Crippen MR) is 89.4 cm³/mol. The predicted octanol–water partition coefficient (Wildman–Crippen LogP) is 3.47. The number of phenols is 1. The summed E-state index contributed by atoms with van der Waals surface area (Å²) in [7, 11) is 0. The van der Waals surface area contributed by atoms with E-state index < -0.39 is 0 Å². The molecule has 0 saturated heterocycles. The van der Waals surface area contributed by atoms with E-state index in [-0.39, 0.29) is 23.0 Å². The van der Waals surface area contributed by atoms with Crippen molar-refractivity contribution < 1.29 is 9.90 Å². The maximum absolute atomic E-state index is 11.3. The lowest BCUT2D eigenvalue weighted by Gasteiger charge is -2.34. The van der Waals surface area contributed by atoms with Gasteiger partial charge in [0, 0.05) is 12.1 Å². The SMILES string of the molecule is CC1(C)CCCc2c1cc(CNC(=O)CCl)c(O)c2I. The molecule has 0 atom stereocenters. The van der Waals surface area contributed by atoms with Crippen LogP contribution in [0.4, 0.5) is 0 Å². The Bertz CT molecular complexity index is 543. The van der Waals surface area contributed by atoms with Crippen molar-refractivity contribution in [3.8, 4) is 5.75 Å². The van der Waals surface area contributed by atoms with Crippen LogP contribution in [-0.2, 0) is 23.2 Å². The fourth-order valence-electron chi connectivity index (χ4n) is 2.80. The van der Waals surface area contributed by atoms with Crippen LogP contribution in [0.1, 0.15) is 43.4 Å². The second kappa shape index (κ2) is 6.10. The maximum Gasteiger partial charge on any atom is 0.235 e. The van der Waals surface area contributed by atoms with E-state index in [1.54, 1.807) is 0 Å². The lowest BCUT2D eigenvalue weighted by Crippen LogP contribution is -2.27. The van der Waals surface area contributed by atoms with Crippen molar-refractivity contribution in [2.45, 2.75) is 45.1 Å². The van der Waals surface area contributed by atoms with E-state index >= 15 is 0 Å². The highest BCUT2D eigenvalue weighted by atomic mass is 127. The molecule has 1 aromatic rings. The molecule has 2 N–H and O–H groups in total. The van der Waals surface area contributed by atoms with Crippen LogP contribution < -0.4 is 5.32 Å². The maximum atomic E-state index is 11.3. The number of carbonyl (C=O) groups excluding carboxylic acids is 1. The van der Waals surface area contributed by atoms with E-state index in [9.17, 15) is 9.90 Å². The van der Waals surface area contributed by atoms with Crippen molar-refractivity contribution in [3.63, 3.8) is 0 Å². The van der Waals surface area contributed by atoms with Crippen molar-refractivity contribution in [3.05, 3.63) is 26.3 Å². The zero-order valence-corrected chi connectivity index (χ0v) is 14.6. The van der Waals surface area contributed by atoms with E-state index in [0.717, 1.165) is 28.4 Å². The number of hydrogen-bond donors (Lipinski definition) is 2. The standard InChI is InChI=1S/C15H19ClINO2/c1-15(2)5-3-4-10-11(15)6-9(14(20)13(10)17)8-18-12(19)7-16/h6,20H,3-5,7-8H2,1-2H3,(H,18,19). The number of phenolic OH excluding ortho intramolecular Hbond substituents is 1. The molecular formula is C15H19ClINO2. The van der Waals surface area contributed by atoms with E-state index in [2.05, 4.69) is 41.8 Å². The van der Waals surface area contributed by atoms with Crippen LogP contribution in [0.5, 0.6) is 5.75 Å². The first-order valence-electron chi connectivity index (χ1n) is 6.73. The van der Waals surface area contributed by atoms with E-state index in [0.29, 0.717) is 6.54 Å². The number of halogens is 2. The zero-order valence-electron chi connectivity index (χ0n) is 11.7. The Labute approximate surface area is 138 Å². The van der Waals surface area contributed by atoms with Gasteiger partial charge in [-0.3, -0.25) is 4.79 Å². The van der Waals surface area contributed by atoms with Crippen LogP contribution >= 0.6 is 34.2 Å². The van der Waals surface area contributed by atoms with Crippen LogP contribution in [0, 0.1) is 3.57 Å². The summed E-state index contributed by atoms with van der Waals surface area (Å²) in [5.74, 6) is 0.00357. The van der Waals surface area contributed by atoms with Gasteiger partial charge in [0.1, 0.15) is 11.6 Å². The van der Waals surface area contributed by atoms with Gasteiger partial charge in [0.2, 0.25) is 5.91 Å². The van der Waals surface area contributed by atoms with Gasteiger partial charge in [-0.25, -0.2) is 0 Å². The molecule has 0 spiro atoms. The Kier molecular flexibility index (Phi) is 4.84. The molecule has 0 aromatic heterocycles. The second-order valence-electron chi connectivity index (χ2n) is 5.87. The molecule has 1 aromatic carbocycles. The molecule has 0 fully saturated rings. The molecule has 1 aliphatic rings. The number of benzene rings is 1. The lowest BCUT2D eigenvalue weighted by atomic mass is 9.72. The van der Waals surface area contributed by atoms with Gasteiger partial charge in [0.15, 0.2) is 0 Å². The molecule has 5 heteroatoms. The first-order chi connectivity index (χ1) is 9.36. The van der Waals surface area contributed by atoms with Crippen LogP contribution in [0.3, 0.4) is 0 Å². The highest BCUT2D eigenvalue weighted by Gasteiger charge is 2.30. The lowest BCUT2D eigenvalue weighted by molar-refractivity contribution is -0.118. The molecule has 3 nitrogen and oxygen atoms in total. The molecule has 1 aliphatic carbocycles. The molecule has 0 aliphatic heterocycles. The quantitative estimate of drug-likeness (QED) is 0.595. The molecule has 0 bridgehead atoms. The third kappa shape index (κ3) is 3.06. The van der Waals surface area contributed by atoms with Gasteiger partial charge in [-0.2, -0.15) is 0 Å². The van der Waals surface area contributed by atoms with Crippen molar-refractivity contribution in [2.24, 2.45) is 0 Å². The Balaban J connectivity index is 2.40. The van der Waals surface area contributed by atoms with E-state index in [1.165, 1.54) is 11.1 Å². The molecule has 0 saturated carbocycles. The fourth-order valence-corrected chi connectivity index (χ4v) is 3.80. The number of rotatable bonds is 3. The summed E-state index contributed by atoms with van der Waals surface area (Å²) < 4.78 is 0.919. The van der Waals surface area contributed by atoms with Gasteiger partial charge in [-0.15, -0.1) is 11.6 Å². The monoisotopic (exact) mass is 407 g/mol. The van der Waals surface area contributed by atoms with Gasteiger partial charge in [-0.1, -0.05) is 13.8 Å². The Hall–Kier alpha value is -0.490. The third-order valence-electron chi connectivity index (χ3n) is 3.98. The summed E-state index contributed by atoms with van der Waals surface area (Å²) in [6.45, 7) is 4.79. The summed E-state index contributed by atoms with van der Waals surface area (Å²) >= 11 is 7.68. The van der Waals surface area contributed by atoms with Crippen LogP contribution in [0.15, 0.2) is 6.07 Å². The van der Waals surface area contributed by atoms with Gasteiger partial charge in [0.05, 0.1) is 3.57 Å². The first kappa shape index (κ1) is 15.9. The van der Waals surface area contributed by atoms with Crippen LogP contribution in [-0.4, -0.2) is 16.9 Å². The van der Waals surface area contributed by atoms with Crippen molar-refractivity contribution in [1.82, 2.24) is 5.32 Å². The largest absolute Gasteiger partial charge is 0.506 e. The number of aromatic hydroxyl groups is 1. The minimum atomic E-state index is -0.224. The molecule has 110 valence electrons. The van der Waals surface area contributed by atoms with E-state index in [1.807, 2.05) is 6.07 Å². The number of amides is 1. The van der Waals surface area contributed by atoms with Gasteiger partial charge >= 0.3 is 0 Å². The van der Waals surface area contributed by atoms with Crippen molar-refractivity contribution >= 4 is 40.1 Å². The molecule has 0 unspecified atom stereocenters. The van der Waals surface area contributed by atoms with Crippen LogP contribution in [0.25, 0.3) is 0 Å². The Morgan fingerprint density at radius 2 is 2.25 bits per heavy atom. The number of nitrogens with one attached hydrogen (secondary N) is 1. The van der Waals surface area contributed by atoms with Gasteiger partial charge in [0.25, 0.3) is 0 Å². The second-order valence-corrected chi connectivity index (χ2v) is 7.22. The van der Waals surface area contributed by atoms with Crippen LogP contribution in [0.2, 0.25) is 0 Å². The number of fused-ring (bicyclic) bond motifs is 1. The summed E-state index contributed by atoms with van der Waals surface area (Å²) in [5.41, 5.74) is 3.43. The highest BCUT2D eigenvalue weighted by molar-refractivity contribution is 14.1. The molecule has 1 amide bonds.